The summed E-state index contributed by atoms with van der Waals surface area (Å²) in [5.41, 5.74) is 0. The standard InChI is InChI=1S/C26H49IO5Si2/c1-18-22-20(13-12-19(29-22)15-17-28)30-24(23(18)32-34(10,11)26(5,6)7)21(14-16-27)31-33(8,9)25(2,3)4/h14,16-24H,12-13,15H2,1-11H3/b16-14+/t18-,19+,20-,21-,22-,23-,24+/m0/s1. The topological polar surface area (TPSA) is 54.0 Å². The van der Waals surface area contributed by atoms with Gasteiger partial charge < -0.3 is 23.1 Å². The molecule has 2 fully saturated rings. The van der Waals surface area contributed by atoms with Gasteiger partial charge in [-0.3, -0.25) is 0 Å². The van der Waals surface area contributed by atoms with Crippen LogP contribution in [-0.4, -0.2) is 59.5 Å². The normalized spacial score (nSPS) is 32.5. The molecule has 2 aliphatic rings. The Kier molecular flexibility index (Phi) is 10.3. The average Bonchev–Trinajstić information content (AvgIpc) is 2.68. The molecule has 0 aromatic carbocycles. The van der Waals surface area contributed by atoms with Gasteiger partial charge in [0, 0.05) is 12.3 Å². The fourth-order valence-electron chi connectivity index (χ4n) is 4.31. The second kappa shape index (κ2) is 11.4. The van der Waals surface area contributed by atoms with Crippen LogP contribution in [0, 0.1) is 5.92 Å². The van der Waals surface area contributed by atoms with E-state index in [0.717, 1.165) is 19.1 Å². The van der Waals surface area contributed by atoms with Gasteiger partial charge in [-0.15, -0.1) is 0 Å². The second-order valence-electron chi connectivity index (χ2n) is 13.2. The number of rotatable bonds is 8. The van der Waals surface area contributed by atoms with E-state index >= 15 is 0 Å². The average molecular weight is 625 g/mol. The monoisotopic (exact) mass is 624 g/mol. The predicted molar refractivity (Wildman–Crippen MR) is 154 cm³/mol. The molecular weight excluding hydrogens is 575 g/mol. The number of carbonyl (C=O) groups is 1. The Morgan fingerprint density at radius 1 is 1.00 bits per heavy atom. The molecule has 5 nitrogen and oxygen atoms in total. The fourth-order valence-corrected chi connectivity index (χ4v) is 7.35. The largest absolute Gasteiger partial charge is 0.411 e. The Hall–Kier alpha value is 0.414. The minimum absolute atomic E-state index is 0.00436. The molecule has 0 aromatic rings. The van der Waals surface area contributed by atoms with Gasteiger partial charge in [0.05, 0.1) is 30.5 Å². The first-order valence-corrected chi connectivity index (χ1v) is 19.9. The molecule has 2 saturated heterocycles. The van der Waals surface area contributed by atoms with Crippen LogP contribution in [0.5, 0.6) is 0 Å². The van der Waals surface area contributed by atoms with Crippen molar-refractivity contribution in [2.24, 2.45) is 5.92 Å². The summed E-state index contributed by atoms with van der Waals surface area (Å²) < 4.78 is 29.4. The summed E-state index contributed by atoms with van der Waals surface area (Å²) >= 11 is 2.28. The summed E-state index contributed by atoms with van der Waals surface area (Å²) in [5.74, 6) is 0.139. The number of hydrogen-bond acceptors (Lipinski definition) is 5. The van der Waals surface area contributed by atoms with Crippen LogP contribution < -0.4 is 0 Å². The van der Waals surface area contributed by atoms with Crippen molar-refractivity contribution in [2.45, 2.75) is 141 Å². The van der Waals surface area contributed by atoms with Crippen molar-refractivity contribution in [3.63, 3.8) is 0 Å². The van der Waals surface area contributed by atoms with Gasteiger partial charge in [0.25, 0.3) is 0 Å². The quantitative estimate of drug-likeness (QED) is 0.162. The Morgan fingerprint density at radius 2 is 1.59 bits per heavy atom. The van der Waals surface area contributed by atoms with Crippen LogP contribution in [0.4, 0.5) is 0 Å². The molecule has 2 heterocycles. The highest BCUT2D eigenvalue weighted by Gasteiger charge is 2.53. The summed E-state index contributed by atoms with van der Waals surface area (Å²) in [6.07, 6.45) is 4.71. The lowest BCUT2D eigenvalue weighted by Gasteiger charge is -2.54. The third-order valence-electron chi connectivity index (χ3n) is 8.60. The Morgan fingerprint density at radius 3 is 2.09 bits per heavy atom. The van der Waals surface area contributed by atoms with E-state index in [0.29, 0.717) is 6.42 Å². The Labute approximate surface area is 224 Å². The van der Waals surface area contributed by atoms with E-state index in [2.05, 4.69) is 107 Å². The van der Waals surface area contributed by atoms with Crippen molar-refractivity contribution in [2.75, 3.05) is 0 Å². The van der Waals surface area contributed by atoms with Crippen LogP contribution >= 0.6 is 22.6 Å². The number of carbonyl (C=O) groups excluding carboxylic acids is 1. The van der Waals surface area contributed by atoms with Gasteiger partial charge in [0.1, 0.15) is 12.4 Å². The SMILES string of the molecule is C[C@@H]1[C@H](O[Si](C)(C)C(C)(C)C)[C@@H]([C@H](/C=C/I)O[Si](C)(C)C(C)(C)C)O[C@H]2CC[C@H](CC=O)O[C@@H]12. The first kappa shape index (κ1) is 30.6. The van der Waals surface area contributed by atoms with Gasteiger partial charge in [0.2, 0.25) is 0 Å². The summed E-state index contributed by atoms with van der Waals surface area (Å²) in [6.45, 7) is 25.1. The number of ether oxygens (including phenoxy) is 2. The van der Waals surface area contributed by atoms with Gasteiger partial charge in [-0.1, -0.05) is 71.1 Å². The summed E-state index contributed by atoms with van der Waals surface area (Å²) in [6, 6.07) is 0. The number of halogens is 1. The molecule has 2 rings (SSSR count). The molecule has 0 aliphatic carbocycles. The lowest BCUT2D eigenvalue weighted by atomic mass is 9.82. The molecule has 0 saturated carbocycles. The molecule has 0 radical (unpaired) electrons. The molecule has 7 atom stereocenters. The van der Waals surface area contributed by atoms with Crippen LogP contribution in [0.1, 0.15) is 67.7 Å². The molecule has 198 valence electrons. The summed E-state index contributed by atoms with van der Waals surface area (Å²) in [5, 5.41) is 0.176. The molecule has 0 N–H and O–H groups in total. The van der Waals surface area contributed by atoms with Gasteiger partial charge in [0.15, 0.2) is 16.6 Å². The molecule has 2 aliphatic heterocycles. The minimum Gasteiger partial charge on any atom is -0.411 e. The summed E-state index contributed by atoms with van der Waals surface area (Å²) in [7, 11) is -4.14. The van der Waals surface area contributed by atoms with Crippen LogP contribution in [0.25, 0.3) is 0 Å². The van der Waals surface area contributed by atoms with Crippen molar-refractivity contribution in [1.29, 1.82) is 0 Å². The van der Waals surface area contributed by atoms with Crippen LogP contribution in [-0.2, 0) is 23.1 Å². The maximum atomic E-state index is 11.2. The van der Waals surface area contributed by atoms with E-state index in [4.69, 9.17) is 18.3 Å². The van der Waals surface area contributed by atoms with E-state index in [-0.39, 0.29) is 52.6 Å². The van der Waals surface area contributed by atoms with Crippen molar-refractivity contribution in [3.8, 4) is 0 Å². The molecule has 8 heteroatoms. The lowest BCUT2D eigenvalue weighted by molar-refractivity contribution is -0.251. The zero-order chi connectivity index (χ0) is 26.1. The highest BCUT2D eigenvalue weighted by atomic mass is 127. The molecule has 0 bridgehead atoms. The zero-order valence-electron chi connectivity index (χ0n) is 23.3. The third-order valence-corrected chi connectivity index (χ3v) is 18.0. The van der Waals surface area contributed by atoms with Crippen LogP contribution in [0.3, 0.4) is 0 Å². The second-order valence-corrected chi connectivity index (χ2v) is 23.4. The van der Waals surface area contributed by atoms with E-state index in [1.165, 1.54) is 0 Å². The molecule has 0 aromatic heterocycles. The first-order chi connectivity index (χ1) is 15.4. The fraction of sp³-hybridized carbons (Fsp3) is 0.885. The van der Waals surface area contributed by atoms with Gasteiger partial charge >= 0.3 is 0 Å². The van der Waals surface area contributed by atoms with E-state index in [9.17, 15) is 4.79 Å². The van der Waals surface area contributed by atoms with Crippen molar-refractivity contribution >= 4 is 45.5 Å². The third kappa shape index (κ3) is 7.04. The van der Waals surface area contributed by atoms with Gasteiger partial charge in [-0.2, -0.15) is 0 Å². The van der Waals surface area contributed by atoms with E-state index < -0.39 is 16.6 Å². The van der Waals surface area contributed by atoms with Crippen LogP contribution in [0.2, 0.25) is 36.3 Å². The van der Waals surface area contributed by atoms with Crippen molar-refractivity contribution < 1.29 is 23.1 Å². The predicted octanol–water partition coefficient (Wildman–Crippen LogP) is 7.26. The van der Waals surface area contributed by atoms with E-state index in [1.807, 2.05) is 0 Å². The first-order valence-electron chi connectivity index (χ1n) is 12.8. The maximum absolute atomic E-state index is 11.2. The zero-order valence-corrected chi connectivity index (χ0v) is 27.5. The minimum atomic E-state index is -2.09. The van der Waals surface area contributed by atoms with Gasteiger partial charge in [-0.25, -0.2) is 0 Å². The van der Waals surface area contributed by atoms with E-state index in [1.54, 1.807) is 0 Å². The highest BCUT2D eigenvalue weighted by Crippen LogP contribution is 2.45. The number of hydrogen-bond donors (Lipinski definition) is 0. The van der Waals surface area contributed by atoms with Crippen molar-refractivity contribution in [3.05, 3.63) is 10.2 Å². The molecule has 34 heavy (non-hydrogen) atoms. The molecule has 0 spiro atoms. The molecule has 0 amide bonds. The smallest absolute Gasteiger partial charge is 0.193 e. The number of fused-ring (bicyclic) bond motifs is 1. The molecular formula is C26H49IO5Si2. The lowest BCUT2D eigenvalue weighted by Crippen LogP contribution is -2.64. The summed E-state index contributed by atoms with van der Waals surface area (Å²) in [4.78, 5) is 11.2. The van der Waals surface area contributed by atoms with Crippen molar-refractivity contribution in [1.82, 2.24) is 0 Å². The van der Waals surface area contributed by atoms with Gasteiger partial charge in [-0.05, 0) is 59.3 Å². The maximum Gasteiger partial charge on any atom is 0.193 e. The number of aldehydes is 1. The highest BCUT2D eigenvalue weighted by molar-refractivity contribution is 14.1. The molecule has 0 unspecified atom stereocenters. The Balaban J connectivity index is 2.45. The van der Waals surface area contributed by atoms with Crippen LogP contribution in [0.15, 0.2) is 10.2 Å². The Bertz CT molecular complexity index is 713.